The van der Waals surface area contributed by atoms with Gasteiger partial charge in [0.15, 0.2) is 0 Å². The molecule has 2 rings (SSSR count). The molecule has 0 radical (unpaired) electrons. The Bertz CT molecular complexity index is 445. The molecule has 1 aliphatic rings. The summed E-state index contributed by atoms with van der Waals surface area (Å²) in [5.41, 5.74) is 0.470. The standard InChI is InChI=1S/C11H10Cl3NO2/c12-7-3-9(14)10(4-8(7)13)15-11(16)6-1-2-17-5-6/h3-4,6H,1-2,5H2,(H,15,16). The third-order valence-electron chi connectivity index (χ3n) is 2.57. The van der Waals surface area contributed by atoms with E-state index in [0.29, 0.717) is 34.0 Å². The molecular weight excluding hydrogens is 284 g/mol. The van der Waals surface area contributed by atoms with Gasteiger partial charge in [-0.3, -0.25) is 4.79 Å². The second-order valence-corrected chi connectivity index (χ2v) is 5.02. The lowest BCUT2D eigenvalue weighted by molar-refractivity contribution is -0.119. The summed E-state index contributed by atoms with van der Waals surface area (Å²) < 4.78 is 5.15. The predicted octanol–water partition coefficient (Wildman–Crippen LogP) is 3.62. The van der Waals surface area contributed by atoms with Crippen LogP contribution in [0.15, 0.2) is 12.1 Å². The molecule has 6 heteroatoms. The molecule has 1 heterocycles. The fourth-order valence-corrected chi connectivity index (χ4v) is 2.19. The van der Waals surface area contributed by atoms with Gasteiger partial charge >= 0.3 is 0 Å². The van der Waals surface area contributed by atoms with E-state index in [4.69, 9.17) is 39.5 Å². The zero-order chi connectivity index (χ0) is 12.4. The Morgan fingerprint density at radius 1 is 1.24 bits per heavy atom. The van der Waals surface area contributed by atoms with Crippen molar-refractivity contribution in [1.29, 1.82) is 0 Å². The molecular formula is C11H10Cl3NO2. The van der Waals surface area contributed by atoms with Crippen LogP contribution < -0.4 is 5.32 Å². The first-order valence-corrected chi connectivity index (χ1v) is 6.24. The Hall–Kier alpha value is -0.480. The lowest BCUT2D eigenvalue weighted by atomic mass is 10.1. The number of anilines is 1. The maximum Gasteiger partial charge on any atom is 0.229 e. The molecule has 3 nitrogen and oxygen atoms in total. The molecule has 1 N–H and O–H groups in total. The van der Waals surface area contributed by atoms with Crippen LogP contribution in [0, 0.1) is 5.92 Å². The minimum Gasteiger partial charge on any atom is -0.381 e. The molecule has 1 unspecified atom stereocenters. The lowest BCUT2D eigenvalue weighted by Gasteiger charge is -2.11. The molecule has 1 aliphatic heterocycles. The number of ether oxygens (including phenoxy) is 1. The third kappa shape index (κ3) is 3.05. The van der Waals surface area contributed by atoms with E-state index in [9.17, 15) is 4.79 Å². The Morgan fingerprint density at radius 2 is 1.94 bits per heavy atom. The number of rotatable bonds is 2. The van der Waals surface area contributed by atoms with Crippen molar-refractivity contribution < 1.29 is 9.53 Å². The summed E-state index contributed by atoms with van der Waals surface area (Å²) in [6, 6.07) is 3.05. The van der Waals surface area contributed by atoms with E-state index in [1.165, 1.54) is 6.07 Å². The molecule has 17 heavy (non-hydrogen) atoms. The van der Waals surface area contributed by atoms with Gasteiger partial charge in [0, 0.05) is 6.61 Å². The monoisotopic (exact) mass is 293 g/mol. The van der Waals surface area contributed by atoms with Crippen molar-refractivity contribution in [3.8, 4) is 0 Å². The van der Waals surface area contributed by atoms with E-state index >= 15 is 0 Å². The summed E-state index contributed by atoms with van der Waals surface area (Å²) in [7, 11) is 0. The fourth-order valence-electron chi connectivity index (χ4n) is 1.59. The number of carbonyl (C=O) groups excluding carboxylic acids is 1. The van der Waals surface area contributed by atoms with E-state index < -0.39 is 0 Å². The van der Waals surface area contributed by atoms with E-state index in [1.54, 1.807) is 6.07 Å². The number of hydrogen-bond acceptors (Lipinski definition) is 2. The van der Waals surface area contributed by atoms with Crippen LogP contribution in [-0.2, 0) is 9.53 Å². The Labute approximate surface area is 114 Å². The maximum atomic E-state index is 11.8. The van der Waals surface area contributed by atoms with Crippen molar-refractivity contribution in [2.75, 3.05) is 18.5 Å². The molecule has 1 aromatic carbocycles. The minimum absolute atomic E-state index is 0.109. The van der Waals surface area contributed by atoms with Gasteiger partial charge in [0.25, 0.3) is 0 Å². The second kappa shape index (κ2) is 5.44. The smallest absolute Gasteiger partial charge is 0.229 e. The van der Waals surface area contributed by atoms with Crippen LogP contribution in [-0.4, -0.2) is 19.1 Å². The molecule has 1 atom stereocenters. The lowest BCUT2D eigenvalue weighted by Crippen LogP contribution is -2.22. The summed E-state index contributed by atoms with van der Waals surface area (Å²) in [5, 5.41) is 3.81. The summed E-state index contributed by atoms with van der Waals surface area (Å²) in [6.45, 7) is 1.07. The van der Waals surface area contributed by atoms with Crippen LogP contribution in [0.3, 0.4) is 0 Å². The van der Waals surface area contributed by atoms with Gasteiger partial charge in [-0.15, -0.1) is 0 Å². The normalized spacial score (nSPS) is 19.4. The van der Waals surface area contributed by atoms with Gasteiger partial charge in [-0.2, -0.15) is 0 Å². The number of amides is 1. The van der Waals surface area contributed by atoms with Gasteiger partial charge in [-0.05, 0) is 18.6 Å². The second-order valence-electron chi connectivity index (χ2n) is 3.80. The van der Waals surface area contributed by atoms with Gasteiger partial charge < -0.3 is 10.1 Å². The molecule has 1 saturated heterocycles. The van der Waals surface area contributed by atoms with Gasteiger partial charge in [-0.25, -0.2) is 0 Å². The Morgan fingerprint density at radius 3 is 2.59 bits per heavy atom. The van der Waals surface area contributed by atoms with Crippen LogP contribution in [0.2, 0.25) is 15.1 Å². The van der Waals surface area contributed by atoms with Crippen molar-refractivity contribution in [3.05, 3.63) is 27.2 Å². The SMILES string of the molecule is O=C(Nc1cc(Cl)c(Cl)cc1Cl)C1CCOC1. The Balaban J connectivity index is 2.12. The summed E-state index contributed by atoms with van der Waals surface area (Å²) in [4.78, 5) is 11.8. The topological polar surface area (TPSA) is 38.3 Å². The molecule has 1 fully saturated rings. The summed E-state index contributed by atoms with van der Waals surface area (Å²) in [5.74, 6) is -0.233. The highest BCUT2D eigenvalue weighted by atomic mass is 35.5. The number of nitrogens with one attached hydrogen (secondary N) is 1. The highest BCUT2D eigenvalue weighted by Crippen LogP contribution is 2.32. The predicted molar refractivity (Wildman–Crippen MR) is 69.0 cm³/mol. The number of hydrogen-bond donors (Lipinski definition) is 1. The number of halogens is 3. The molecule has 0 saturated carbocycles. The summed E-state index contributed by atoms with van der Waals surface area (Å²) in [6.07, 6.45) is 0.727. The number of carbonyl (C=O) groups is 1. The van der Waals surface area contributed by atoms with Gasteiger partial charge in [0.2, 0.25) is 5.91 Å². The molecule has 1 amide bonds. The quantitative estimate of drug-likeness (QED) is 0.846. The van der Waals surface area contributed by atoms with Crippen molar-refractivity contribution in [3.63, 3.8) is 0 Å². The third-order valence-corrected chi connectivity index (χ3v) is 3.60. The van der Waals surface area contributed by atoms with Crippen molar-refractivity contribution >= 4 is 46.4 Å². The molecule has 1 aromatic rings. The largest absolute Gasteiger partial charge is 0.381 e. The average molecular weight is 295 g/mol. The van der Waals surface area contributed by atoms with E-state index in [0.717, 1.165) is 6.42 Å². The van der Waals surface area contributed by atoms with Crippen LogP contribution >= 0.6 is 34.8 Å². The van der Waals surface area contributed by atoms with E-state index in [-0.39, 0.29) is 11.8 Å². The van der Waals surface area contributed by atoms with Gasteiger partial charge in [0.1, 0.15) is 0 Å². The molecule has 0 spiro atoms. The zero-order valence-corrected chi connectivity index (χ0v) is 11.1. The van der Waals surface area contributed by atoms with Crippen molar-refractivity contribution in [1.82, 2.24) is 0 Å². The first-order chi connectivity index (χ1) is 8.08. The first kappa shape index (κ1) is 13.0. The minimum atomic E-state index is -0.125. The van der Waals surface area contributed by atoms with Crippen molar-refractivity contribution in [2.45, 2.75) is 6.42 Å². The van der Waals surface area contributed by atoms with Crippen LogP contribution in [0.1, 0.15) is 6.42 Å². The van der Waals surface area contributed by atoms with Crippen LogP contribution in [0.5, 0.6) is 0 Å². The molecule has 92 valence electrons. The molecule has 0 bridgehead atoms. The van der Waals surface area contributed by atoms with Gasteiger partial charge in [-0.1, -0.05) is 34.8 Å². The average Bonchev–Trinajstić information content (AvgIpc) is 2.79. The molecule has 0 aromatic heterocycles. The maximum absolute atomic E-state index is 11.8. The first-order valence-electron chi connectivity index (χ1n) is 5.11. The highest BCUT2D eigenvalue weighted by molar-refractivity contribution is 6.44. The van der Waals surface area contributed by atoms with Crippen molar-refractivity contribution in [2.24, 2.45) is 5.92 Å². The van der Waals surface area contributed by atoms with Gasteiger partial charge in [0.05, 0.1) is 33.3 Å². The highest BCUT2D eigenvalue weighted by Gasteiger charge is 2.24. The van der Waals surface area contributed by atoms with Crippen LogP contribution in [0.25, 0.3) is 0 Å². The van der Waals surface area contributed by atoms with E-state index in [1.807, 2.05) is 0 Å². The van der Waals surface area contributed by atoms with E-state index in [2.05, 4.69) is 5.32 Å². The number of benzene rings is 1. The zero-order valence-electron chi connectivity index (χ0n) is 8.80. The fraction of sp³-hybridized carbons (Fsp3) is 0.364. The van der Waals surface area contributed by atoms with Crippen LogP contribution in [0.4, 0.5) is 5.69 Å². The summed E-state index contributed by atoms with van der Waals surface area (Å²) >= 11 is 17.6. The Kier molecular flexibility index (Phi) is 4.15. The molecule has 0 aliphatic carbocycles.